The molecule has 0 saturated carbocycles. The number of nitro groups is 1. The van der Waals surface area contributed by atoms with E-state index in [1.54, 1.807) is 29.7 Å². The molecule has 1 aromatic carbocycles. The van der Waals surface area contributed by atoms with Gasteiger partial charge < -0.3 is 5.32 Å². The first kappa shape index (κ1) is 15.5. The minimum absolute atomic E-state index is 0.0339. The van der Waals surface area contributed by atoms with Gasteiger partial charge in [-0.25, -0.2) is 0 Å². The van der Waals surface area contributed by atoms with Crippen molar-refractivity contribution < 1.29 is 9.72 Å². The lowest BCUT2D eigenvalue weighted by Gasteiger charge is -2.06. The molecule has 21 heavy (non-hydrogen) atoms. The van der Waals surface area contributed by atoms with Crippen LogP contribution in [0.25, 0.3) is 0 Å². The predicted molar refractivity (Wildman–Crippen MR) is 85.2 cm³/mol. The zero-order valence-electron chi connectivity index (χ0n) is 11.4. The van der Waals surface area contributed by atoms with E-state index < -0.39 is 4.92 Å². The van der Waals surface area contributed by atoms with Gasteiger partial charge in [-0.2, -0.15) is 0 Å². The molecule has 0 unspecified atom stereocenters. The number of thiophene rings is 1. The number of hydrogen-bond acceptors (Lipinski definition) is 5. The first-order valence-electron chi connectivity index (χ1n) is 6.25. The van der Waals surface area contributed by atoms with Gasteiger partial charge in [0.15, 0.2) is 0 Å². The number of benzene rings is 1. The maximum absolute atomic E-state index is 12.0. The number of nitro benzene ring substituents is 1. The summed E-state index contributed by atoms with van der Waals surface area (Å²) in [6, 6.07) is 8.52. The van der Waals surface area contributed by atoms with E-state index in [4.69, 9.17) is 0 Å². The Kier molecular flexibility index (Phi) is 5.35. The predicted octanol–water partition coefficient (Wildman–Crippen LogP) is 3.35. The molecule has 5 nitrogen and oxygen atoms in total. The summed E-state index contributed by atoms with van der Waals surface area (Å²) in [5.74, 6) is -0.290. The minimum Gasteiger partial charge on any atom is -0.352 e. The molecule has 7 heteroatoms. The fourth-order valence-corrected chi connectivity index (χ4v) is 3.09. The Morgan fingerprint density at radius 3 is 2.86 bits per heavy atom. The third-order valence-corrected chi connectivity index (χ3v) is 4.60. The van der Waals surface area contributed by atoms with Gasteiger partial charge in [-0.15, -0.1) is 23.1 Å². The van der Waals surface area contributed by atoms with Crippen LogP contribution in [-0.2, 0) is 6.42 Å². The van der Waals surface area contributed by atoms with Crippen LogP contribution in [0.15, 0.2) is 40.6 Å². The second-order valence-electron chi connectivity index (χ2n) is 4.23. The van der Waals surface area contributed by atoms with E-state index >= 15 is 0 Å². The highest BCUT2D eigenvalue weighted by Gasteiger charge is 2.16. The van der Waals surface area contributed by atoms with Crippen molar-refractivity contribution in [2.24, 2.45) is 0 Å². The molecule has 0 radical (unpaired) electrons. The fraction of sp³-hybridized carbons (Fsp3) is 0.214. The third kappa shape index (κ3) is 4.05. The van der Waals surface area contributed by atoms with Crippen LogP contribution in [0.1, 0.15) is 15.2 Å². The van der Waals surface area contributed by atoms with Crippen molar-refractivity contribution in [3.63, 3.8) is 0 Å². The molecule has 0 aliphatic heterocycles. The van der Waals surface area contributed by atoms with E-state index in [9.17, 15) is 14.9 Å². The first-order chi connectivity index (χ1) is 10.1. The number of rotatable bonds is 6. The molecule has 0 spiro atoms. The second kappa shape index (κ2) is 7.24. The van der Waals surface area contributed by atoms with Gasteiger partial charge in [-0.05, 0) is 36.3 Å². The summed E-state index contributed by atoms with van der Waals surface area (Å²) in [6.45, 7) is 0.511. The molecule has 0 bridgehead atoms. The van der Waals surface area contributed by atoms with Crippen molar-refractivity contribution in [1.29, 1.82) is 0 Å². The van der Waals surface area contributed by atoms with Crippen molar-refractivity contribution in [2.45, 2.75) is 11.3 Å². The van der Waals surface area contributed by atoms with Gasteiger partial charge in [0, 0.05) is 23.1 Å². The number of carbonyl (C=O) groups excluding carboxylic acids is 1. The molecular formula is C14H14N2O3S2. The van der Waals surface area contributed by atoms with Crippen molar-refractivity contribution >= 4 is 34.7 Å². The molecule has 0 saturated heterocycles. The summed E-state index contributed by atoms with van der Waals surface area (Å²) in [7, 11) is 0. The normalized spacial score (nSPS) is 10.3. The average Bonchev–Trinajstić information content (AvgIpc) is 2.99. The monoisotopic (exact) mass is 322 g/mol. The van der Waals surface area contributed by atoms with E-state index in [2.05, 4.69) is 5.32 Å². The van der Waals surface area contributed by atoms with Crippen molar-refractivity contribution in [2.75, 3.05) is 12.8 Å². The zero-order chi connectivity index (χ0) is 15.2. The van der Waals surface area contributed by atoms with Gasteiger partial charge in [-0.3, -0.25) is 14.9 Å². The molecule has 1 N–H and O–H groups in total. The number of amides is 1. The summed E-state index contributed by atoms with van der Waals surface area (Å²) in [6.07, 6.45) is 2.53. The van der Waals surface area contributed by atoms with Crippen molar-refractivity contribution in [3.05, 3.63) is 56.3 Å². The molecule has 1 amide bonds. The number of thioether (sulfide) groups is 1. The molecule has 0 fully saturated rings. The minimum atomic E-state index is -0.464. The van der Waals surface area contributed by atoms with E-state index in [0.29, 0.717) is 17.0 Å². The van der Waals surface area contributed by atoms with Gasteiger partial charge in [0.05, 0.1) is 9.82 Å². The Hall–Kier alpha value is -1.86. The van der Waals surface area contributed by atoms with Gasteiger partial charge in [0.25, 0.3) is 11.6 Å². The number of hydrogen-bond donors (Lipinski definition) is 1. The van der Waals surface area contributed by atoms with Crippen LogP contribution in [0.3, 0.4) is 0 Å². The van der Waals surface area contributed by atoms with Gasteiger partial charge in [-0.1, -0.05) is 6.07 Å². The van der Waals surface area contributed by atoms with E-state index in [-0.39, 0.29) is 11.6 Å². The number of nitrogens with one attached hydrogen (secondary N) is 1. The lowest BCUT2D eigenvalue weighted by Crippen LogP contribution is -2.25. The largest absolute Gasteiger partial charge is 0.352 e. The quantitative estimate of drug-likeness (QED) is 0.503. The Morgan fingerprint density at radius 1 is 1.43 bits per heavy atom. The molecule has 0 aliphatic rings. The molecule has 1 aromatic heterocycles. The van der Waals surface area contributed by atoms with Crippen molar-refractivity contribution in [1.82, 2.24) is 5.32 Å². The molecule has 2 aromatic rings. The van der Waals surface area contributed by atoms with Crippen LogP contribution in [-0.4, -0.2) is 23.6 Å². The lowest BCUT2D eigenvalue weighted by atomic mass is 10.2. The SMILES string of the molecule is CSc1ccc(C(=O)NCCc2cccs2)cc1[N+](=O)[O-]. The van der Waals surface area contributed by atoms with Crippen LogP contribution in [0.4, 0.5) is 5.69 Å². The molecule has 2 rings (SSSR count). The first-order valence-corrected chi connectivity index (χ1v) is 8.35. The summed E-state index contributed by atoms with van der Waals surface area (Å²) in [5, 5.41) is 15.8. The Morgan fingerprint density at radius 2 is 2.24 bits per heavy atom. The van der Waals surface area contributed by atoms with Gasteiger partial charge in [0.1, 0.15) is 0 Å². The van der Waals surface area contributed by atoms with E-state index in [0.717, 1.165) is 6.42 Å². The van der Waals surface area contributed by atoms with Crippen LogP contribution in [0, 0.1) is 10.1 Å². The van der Waals surface area contributed by atoms with Crippen LogP contribution in [0.5, 0.6) is 0 Å². The smallest absolute Gasteiger partial charge is 0.283 e. The van der Waals surface area contributed by atoms with E-state index in [1.807, 2.05) is 17.5 Å². The molecule has 0 aliphatic carbocycles. The van der Waals surface area contributed by atoms with Crippen molar-refractivity contribution in [3.8, 4) is 0 Å². The highest BCUT2D eigenvalue weighted by atomic mass is 32.2. The van der Waals surface area contributed by atoms with Crippen LogP contribution >= 0.6 is 23.1 Å². The fourth-order valence-electron chi connectivity index (χ4n) is 1.83. The lowest BCUT2D eigenvalue weighted by molar-refractivity contribution is -0.387. The molecule has 1 heterocycles. The highest BCUT2D eigenvalue weighted by molar-refractivity contribution is 7.98. The Bertz CT molecular complexity index is 642. The molecule has 0 atom stereocenters. The Labute approximate surface area is 130 Å². The standard InChI is InChI=1S/C14H14N2O3S2/c1-20-13-5-4-10(9-12(13)16(18)19)14(17)15-7-6-11-3-2-8-21-11/h2-5,8-9H,6-7H2,1H3,(H,15,17). The highest BCUT2D eigenvalue weighted by Crippen LogP contribution is 2.28. The van der Waals surface area contributed by atoms with Gasteiger partial charge in [0.2, 0.25) is 0 Å². The van der Waals surface area contributed by atoms with Crippen LogP contribution < -0.4 is 5.32 Å². The third-order valence-electron chi connectivity index (χ3n) is 2.87. The summed E-state index contributed by atoms with van der Waals surface area (Å²) in [4.78, 5) is 24.3. The van der Waals surface area contributed by atoms with E-state index in [1.165, 1.54) is 22.7 Å². The maximum atomic E-state index is 12.0. The summed E-state index contributed by atoms with van der Waals surface area (Å²) in [5.41, 5.74) is 0.277. The summed E-state index contributed by atoms with van der Waals surface area (Å²) < 4.78 is 0. The zero-order valence-corrected chi connectivity index (χ0v) is 13.0. The second-order valence-corrected chi connectivity index (χ2v) is 6.11. The molecular weight excluding hydrogens is 308 g/mol. The molecule has 110 valence electrons. The number of nitrogens with zero attached hydrogens (tertiary/aromatic N) is 1. The number of carbonyl (C=O) groups is 1. The maximum Gasteiger partial charge on any atom is 0.283 e. The van der Waals surface area contributed by atoms with Crippen LogP contribution in [0.2, 0.25) is 0 Å². The Balaban J connectivity index is 2.01. The topological polar surface area (TPSA) is 72.2 Å². The average molecular weight is 322 g/mol. The summed E-state index contributed by atoms with van der Waals surface area (Å²) >= 11 is 2.93. The van der Waals surface area contributed by atoms with Gasteiger partial charge >= 0.3 is 0 Å².